The van der Waals surface area contributed by atoms with Crippen LogP contribution in [0.5, 0.6) is 0 Å². The minimum Gasteiger partial charge on any atom is -0.399 e. The Morgan fingerprint density at radius 1 is 1.25 bits per heavy atom. The van der Waals surface area contributed by atoms with Crippen molar-refractivity contribution in [1.82, 2.24) is 0 Å². The van der Waals surface area contributed by atoms with Gasteiger partial charge >= 0.3 is 0 Å². The minimum atomic E-state index is -0.324. The van der Waals surface area contributed by atoms with E-state index in [1.165, 1.54) is 0 Å². The average Bonchev–Trinajstić information content (AvgIpc) is 1.93. The Labute approximate surface area is 77.2 Å². The number of halogens is 1. The number of rotatable bonds is 2. The Bertz CT molecular complexity index is 258. The van der Waals surface area contributed by atoms with Crippen LogP contribution in [0, 0.1) is 0 Å². The van der Waals surface area contributed by atoms with E-state index >= 15 is 0 Å². The van der Waals surface area contributed by atoms with Crippen LogP contribution in [0.4, 0.5) is 5.69 Å². The summed E-state index contributed by atoms with van der Waals surface area (Å²) in [5.41, 5.74) is 12.0. The van der Waals surface area contributed by atoms with Gasteiger partial charge in [-0.15, -0.1) is 12.4 Å². The molecule has 1 rings (SSSR count). The van der Waals surface area contributed by atoms with Gasteiger partial charge in [-0.1, -0.05) is 12.1 Å². The summed E-state index contributed by atoms with van der Waals surface area (Å²) in [7, 11) is 0. The summed E-state index contributed by atoms with van der Waals surface area (Å²) in [5.74, 6) is -0.324. The molecule has 0 aliphatic rings. The number of primary amides is 1. The monoisotopic (exact) mass is 186 g/mol. The molecule has 0 aromatic heterocycles. The van der Waals surface area contributed by atoms with Crippen molar-refractivity contribution in [3.05, 3.63) is 29.8 Å². The third kappa shape index (κ3) is 3.25. The second-order valence-electron chi connectivity index (χ2n) is 2.38. The van der Waals surface area contributed by atoms with E-state index in [1.54, 1.807) is 24.3 Å². The molecule has 0 aliphatic carbocycles. The highest BCUT2D eigenvalue weighted by Gasteiger charge is 1.96. The van der Waals surface area contributed by atoms with E-state index in [0.717, 1.165) is 5.56 Å². The number of anilines is 1. The molecule has 0 bridgehead atoms. The summed E-state index contributed by atoms with van der Waals surface area (Å²) in [6, 6.07) is 7.08. The zero-order valence-corrected chi connectivity index (χ0v) is 7.30. The molecule has 1 aromatic rings. The van der Waals surface area contributed by atoms with Crippen molar-refractivity contribution in [3.8, 4) is 0 Å². The van der Waals surface area contributed by atoms with Crippen LogP contribution in [0.15, 0.2) is 24.3 Å². The van der Waals surface area contributed by atoms with Gasteiger partial charge in [-0.25, -0.2) is 0 Å². The summed E-state index contributed by atoms with van der Waals surface area (Å²) in [4.78, 5) is 10.4. The van der Waals surface area contributed by atoms with E-state index in [1.807, 2.05) is 0 Å². The molecule has 0 radical (unpaired) electrons. The summed E-state index contributed by atoms with van der Waals surface area (Å²) < 4.78 is 0. The zero-order chi connectivity index (χ0) is 8.27. The lowest BCUT2D eigenvalue weighted by atomic mass is 10.1. The Morgan fingerprint density at radius 3 is 2.17 bits per heavy atom. The van der Waals surface area contributed by atoms with Gasteiger partial charge in [-0.3, -0.25) is 4.79 Å². The average molecular weight is 187 g/mol. The molecule has 0 heterocycles. The molecule has 3 nitrogen and oxygen atoms in total. The Morgan fingerprint density at radius 2 is 1.75 bits per heavy atom. The summed E-state index contributed by atoms with van der Waals surface area (Å²) >= 11 is 0. The van der Waals surface area contributed by atoms with Crippen molar-refractivity contribution in [3.63, 3.8) is 0 Å². The van der Waals surface area contributed by atoms with E-state index in [9.17, 15) is 4.79 Å². The van der Waals surface area contributed by atoms with Crippen molar-refractivity contribution < 1.29 is 4.79 Å². The highest BCUT2D eigenvalue weighted by molar-refractivity contribution is 5.85. The lowest BCUT2D eigenvalue weighted by Crippen LogP contribution is -2.13. The number of hydrogen-bond acceptors (Lipinski definition) is 2. The van der Waals surface area contributed by atoms with E-state index < -0.39 is 0 Å². The first-order chi connectivity index (χ1) is 5.18. The Kier molecular flexibility index (Phi) is 4.15. The molecular formula is C8H11ClN2O. The molecule has 4 N–H and O–H groups in total. The van der Waals surface area contributed by atoms with Gasteiger partial charge in [0.25, 0.3) is 0 Å². The van der Waals surface area contributed by atoms with Crippen LogP contribution in [-0.4, -0.2) is 5.91 Å². The van der Waals surface area contributed by atoms with Gasteiger partial charge in [0.2, 0.25) is 5.91 Å². The van der Waals surface area contributed by atoms with Crippen LogP contribution in [0.25, 0.3) is 0 Å². The van der Waals surface area contributed by atoms with E-state index in [4.69, 9.17) is 11.5 Å². The summed E-state index contributed by atoms with van der Waals surface area (Å²) in [6.45, 7) is 0. The first-order valence-corrected chi connectivity index (χ1v) is 3.31. The fourth-order valence-corrected chi connectivity index (χ4v) is 0.837. The van der Waals surface area contributed by atoms with Crippen molar-refractivity contribution in [2.24, 2.45) is 5.73 Å². The molecule has 0 unspecified atom stereocenters. The second kappa shape index (κ2) is 4.62. The first-order valence-electron chi connectivity index (χ1n) is 3.31. The van der Waals surface area contributed by atoms with E-state index in [2.05, 4.69) is 0 Å². The van der Waals surface area contributed by atoms with Gasteiger partial charge in [-0.05, 0) is 17.7 Å². The number of nitrogen functional groups attached to an aromatic ring is 1. The number of carbonyl (C=O) groups is 1. The molecule has 0 fully saturated rings. The van der Waals surface area contributed by atoms with Crippen LogP contribution < -0.4 is 11.5 Å². The third-order valence-electron chi connectivity index (χ3n) is 1.36. The molecule has 0 spiro atoms. The van der Waals surface area contributed by atoms with Gasteiger partial charge in [0.05, 0.1) is 6.42 Å². The highest BCUT2D eigenvalue weighted by atomic mass is 35.5. The fraction of sp³-hybridized carbons (Fsp3) is 0.125. The maximum absolute atomic E-state index is 10.4. The molecule has 1 aromatic carbocycles. The predicted octanol–water partition coefficient (Wildman–Crippen LogP) is 0.718. The maximum Gasteiger partial charge on any atom is 0.221 e. The molecule has 0 saturated carbocycles. The fourth-order valence-electron chi connectivity index (χ4n) is 0.837. The lowest BCUT2D eigenvalue weighted by Gasteiger charge is -1.96. The molecule has 0 aliphatic heterocycles. The van der Waals surface area contributed by atoms with Crippen molar-refractivity contribution in [2.45, 2.75) is 6.42 Å². The second-order valence-corrected chi connectivity index (χ2v) is 2.38. The largest absolute Gasteiger partial charge is 0.399 e. The SMILES string of the molecule is Cl.NC(=O)Cc1ccc(N)cc1. The van der Waals surface area contributed by atoms with Crippen LogP contribution >= 0.6 is 12.4 Å². The van der Waals surface area contributed by atoms with Crippen LogP contribution in [-0.2, 0) is 11.2 Å². The highest BCUT2D eigenvalue weighted by Crippen LogP contribution is 2.05. The predicted molar refractivity (Wildman–Crippen MR) is 51.0 cm³/mol. The number of nitrogens with two attached hydrogens (primary N) is 2. The number of hydrogen-bond donors (Lipinski definition) is 2. The molecule has 1 amide bonds. The van der Waals surface area contributed by atoms with E-state index in [0.29, 0.717) is 5.69 Å². The Hall–Kier alpha value is -1.22. The first kappa shape index (κ1) is 10.8. The van der Waals surface area contributed by atoms with Gasteiger partial charge in [-0.2, -0.15) is 0 Å². The normalized spacial score (nSPS) is 8.67. The summed E-state index contributed by atoms with van der Waals surface area (Å²) in [6.07, 6.45) is 0.278. The topological polar surface area (TPSA) is 69.1 Å². The Balaban J connectivity index is 0.00000121. The van der Waals surface area contributed by atoms with Crippen molar-refractivity contribution in [1.29, 1.82) is 0 Å². The lowest BCUT2D eigenvalue weighted by molar-refractivity contribution is -0.117. The number of benzene rings is 1. The molecule has 4 heteroatoms. The molecule has 12 heavy (non-hydrogen) atoms. The molecular weight excluding hydrogens is 176 g/mol. The number of amides is 1. The van der Waals surface area contributed by atoms with Crippen molar-refractivity contribution >= 4 is 24.0 Å². The van der Waals surface area contributed by atoms with Crippen LogP contribution in [0.1, 0.15) is 5.56 Å². The van der Waals surface area contributed by atoms with E-state index in [-0.39, 0.29) is 24.7 Å². The third-order valence-corrected chi connectivity index (χ3v) is 1.36. The molecule has 0 atom stereocenters. The van der Waals surface area contributed by atoms with Gasteiger partial charge in [0.15, 0.2) is 0 Å². The zero-order valence-electron chi connectivity index (χ0n) is 6.49. The van der Waals surface area contributed by atoms with Gasteiger partial charge < -0.3 is 11.5 Å². The van der Waals surface area contributed by atoms with Gasteiger partial charge in [0.1, 0.15) is 0 Å². The standard InChI is InChI=1S/C8H10N2O.ClH/c9-7-3-1-6(2-4-7)5-8(10)11;/h1-4H,5,9H2,(H2,10,11);1H. The summed E-state index contributed by atoms with van der Waals surface area (Å²) in [5, 5.41) is 0. The molecule has 66 valence electrons. The van der Waals surface area contributed by atoms with Gasteiger partial charge in [0, 0.05) is 5.69 Å². The van der Waals surface area contributed by atoms with Crippen LogP contribution in [0.3, 0.4) is 0 Å². The minimum absolute atomic E-state index is 0. The van der Waals surface area contributed by atoms with Crippen LogP contribution in [0.2, 0.25) is 0 Å². The maximum atomic E-state index is 10.4. The number of carbonyl (C=O) groups excluding carboxylic acids is 1. The smallest absolute Gasteiger partial charge is 0.221 e. The quantitative estimate of drug-likeness (QED) is 0.669. The van der Waals surface area contributed by atoms with Crippen molar-refractivity contribution in [2.75, 3.05) is 5.73 Å². The molecule has 0 saturated heterocycles.